The van der Waals surface area contributed by atoms with Gasteiger partial charge in [-0.1, -0.05) is 0 Å². The fourth-order valence-corrected chi connectivity index (χ4v) is 2.17. The molecule has 0 N–H and O–H groups in total. The number of carbonyl (C=O) groups excluding carboxylic acids is 1. The van der Waals surface area contributed by atoms with E-state index in [0.717, 1.165) is 0 Å². The molecule has 2 rings (SSSR count). The lowest BCUT2D eigenvalue weighted by Crippen LogP contribution is -2.50. The largest absolute Gasteiger partial charge is 0.452 e. The fraction of sp³-hybridized carbons (Fsp3) is 0.545. The molecule has 0 radical (unpaired) electrons. The maximum Gasteiger partial charge on any atom is 0.401 e. The van der Waals surface area contributed by atoms with Gasteiger partial charge in [0.1, 0.15) is 0 Å². The molecule has 0 saturated carbocycles. The normalized spacial score (nSPS) is 17.8. The third-order valence-electron chi connectivity index (χ3n) is 2.91. The number of halogens is 4. The average molecular weight is 297 g/mol. The average Bonchev–Trinajstić information content (AvgIpc) is 2.73. The Bertz CT molecular complexity index is 453. The van der Waals surface area contributed by atoms with Gasteiger partial charge in [0.2, 0.25) is 5.22 Å². The number of piperazine rings is 1. The molecule has 0 atom stereocenters. The Hall–Kier alpha value is -1.21. The summed E-state index contributed by atoms with van der Waals surface area (Å²) in [6.07, 6.45) is -2.91. The smallest absolute Gasteiger partial charge is 0.401 e. The molecule has 1 fully saturated rings. The lowest BCUT2D eigenvalue weighted by Gasteiger charge is -2.34. The van der Waals surface area contributed by atoms with Crippen LogP contribution in [0.2, 0.25) is 5.22 Å². The Morgan fingerprint density at radius 1 is 1.32 bits per heavy atom. The van der Waals surface area contributed by atoms with Gasteiger partial charge in [-0.25, -0.2) is 0 Å². The Morgan fingerprint density at radius 2 is 1.95 bits per heavy atom. The monoisotopic (exact) mass is 296 g/mol. The number of nitrogens with zero attached hydrogens (tertiary/aromatic N) is 2. The van der Waals surface area contributed by atoms with Gasteiger partial charge < -0.3 is 9.32 Å². The first-order chi connectivity index (χ1) is 8.87. The van der Waals surface area contributed by atoms with Crippen LogP contribution < -0.4 is 0 Å². The molecule has 1 aliphatic heterocycles. The second-order valence-electron chi connectivity index (χ2n) is 4.29. The summed E-state index contributed by atoms with van der Waals surface area (Å²) in [6.45, 7) is -0.0597. The van der Waals surface area contributed by atoms with E-state index in [2.05, 4.69) is 0 Å². The van der Waals surface area contributed by atoms with E-state index in [-0.39, 0.29) is 42.9 Å². The summed E-state index contributed by atoms with van der Waals surface area (Å²) in [5, 5.41) is 0.00252. The van der Waals surface area contributed by atoms with Crippen molar-refractivity contribution in [3.8, 4) is 0 Å². The van der Waals surface area contributed by atoms with Crippen LogP contribution in [0.4, 0.5) is 13.2 Å². The van der Waals surface area contributed by atoms with Crippen LogP contribution in [-0.2, 0) is 0 Å². The minimum absolute atomic E-state index is 0.00252. The SMILES string of the molecule is O=C(c1ccoc1Cl)N1CCN(CC(F)(F)F)CC1. The zero-order chi connectivity index (χ0) is 14.0. The third-order valence-corrected chi connectivity index (χ3v) is 3.20. The Labute approximate surface area is 112 Å². The third kappa shape index (κ3) is 3.63. The molecule has 0 unspecified atom stereocenters. The molecule has 8 heteroatoms. The van der Waals surface area contributed by atoms with E-state index in [1.165, 1.54) is 22.1 Å². The van der Waals surface area contributed by atoms with Crippen molar-refractivity contribution in [1.29, 1.82) is 0 Å². The van der Waals surface area contributed by atoms with E-state index in [4.69, 9.17) is 16.0 Å². The maximum atomic E-state index is 12.2. The van der Waals surface area contributed by atoms with Crippen molar-refractivity contribution < 1.29 is 22.4 Å². The van der Waals surface area contributed by atoms with Crippen LogP contribution in [0.15, 0.2) is 16.7 Å². The first-order valence-electron chi connectivity index (χ1n) is 5.68. The summed E-state index contributed by atoms with van der Waals surface area (Å²) in [4.78, 5) is 14.8. The molecule has 0 bridgehead atoms. The predicted molar refractivity (Wildman–Crippen MR) is 62.1 cm³/mol. The summed E-state index contributed by atoms with van der Waals surface area (Å²) < 4.78 is 41.5. The van der Waals surface area contributed by atoms with Crippen LogP contribution in [0.5, 0.6) is 0 Å². The highest BCUT2D eigenvalue weighted by molar-refractivity contribution is 6.32. The van der Waals surface area contributed by atoms with Crippen LogP contribution in [0.3, 0.4) is 0 Å². The van der Waals surface area contributed by atoms with Crippen LogP contribution in [0.25, 0.3) is 0 Å². The number of amides is 1. The molecule has 19 heavy (non-hydrogen) atoms. The van der Waals surface area contributed by atoms with Crippen LogP contribution in [-0.4, -0.2) is 54.6 Å². The second kappa shape index (κ2) is 5.42. The lowest BCUT2D eigenvalue weighted by atomic mass is 10.2. The number of hydrogen-bond acceptors (Lipinski definition) is 3. The van der Waals surface area contributed by atoms with Crippen molar-refractivity contribution in [3.05, 3.63) is 23.1 Å². The number of rotatable bonds is 2. The topological polar surface area (TPSA) is 36.7 Å². The molecule has 2 heterocycles. The molecule has 1 aromatic heterocycles. The number of alkyl halides is 3. The zero-order valence-electron chi connectivity index (χ0n) is 9.91. The van der Waals surface area contributed by atoms with E-state index >= 15 is 0 Å². The quantitative estimate of drug-likeness (QED) is 0.840. The standard InChI is InChI=1S/C11H12ClF3N2O2/c12-9-8(1-6-19-9)10(18)17-4-2-16(3-5-17)7-11(13,14)15/h1,6H,2-5,7H2. The molecular weight excluding hydrogens is 285 g/mol. The van der Waals surface area contributed by atoms with Crippen LogP contribution in [0.1, 0.15) is 10.4 Å². The van der Waals surface area contributed by atoms with Gasteiger partial charge in [0.25, 0.3) is 5.91 Å². The molecule has 1 amide bonds. The highest BCUT2D eigenvalue weighted by Gasteiger charge is 2.33. The van der Waals surface area contributed by atoms with Crippen LogP contribution in [0, 0.1) is 0 Å². The van der Waals surface area contributed by atoms with E-state index in [1.807, 2.05) is 0 Å². The van der Waals surface area contributed by atoms with E-state index in [9.17, 15) is 18.0 Å². The molecule has 4 nitrogen and oxygen atoms in total. The minimum Gasteiger partial charge on any atom is -0.452 e. The molecule has 0 spiro atoms. The molecule has 1 saturated heterocycles. The van der Waals surface area contributed by atoms with E-state index < -0.39 is 12.7 Å². The first kappa shape index (κ1) is 14.2. The molecule has 0 aliphatic carbocycles. The van der Waals surface area contributed by atoms with Gasteiger partial charge in [0.15, 0.2) is 0 Å². The van der Waals surface area contributed by atoms with Gasteiger partial charge in [-0.05, 0) is 17.7 Å². The summed E-state index contributed by atoms with van der Waals surface area (Å²) in [5.41, 5.74) is 0.242. The number of furan rings is 1. The van der Waals surface area contributed by atoms with Crippen molar-refractivity contribution in [1.82, 2.24) is 9.80 Å². The summed E-state index contributed by atoms with van der Waals surface area (Å²) in [6, 6.07) is 1.45. The molecule has 1 aromatic rings. The molecular formula is C11H12ClF3N2O2. The van der Waals surface area contributed by atoms with Crippen molar-refractivity contribution >= 4 is 17.5 Å². The highest BCUT2D eigenvalue weighted by Crippen LogP contribution is 2.21. The minimum atomic E-state index is -4.21. The van der Waals surface area contributed by atoms with E-state index in [0.29, 0.717) is 0 Å². The first-order valence-corrected chi connectivity index (χ1v) is 6.06. The van der Waals surface area contributed by atoms with Crippen molar-refractivity contribution in [2.45, 2.75) is 6.18 Å². The van der Waals surface area contributed by atoms with Gasteiger partial charge in [0.05, 0.1) is 18.4 Å². The lowest BCUT2D eigenvalue weighted by molar-refractivity contribution is -0.148. The molecule has 1 aliphatic rings. The van der Waals surface area contributed by atoms with Gasteiger partial charge in [-0.15, -0.1) is 0 Å². The number of carbonyl (C=O) groups is 1. The Balaban J connectivity index is 1.90. The second-order valence-corrected chi connectivity index (χ2v) is 4.63. The predicted octanol–water partition coefficient (Wildman–Crippen LogP) is 2.25. The van der Waals surface area contributed by atoms with Crippen molar-refractivity contribution in [2.75, 3.05) is 32.7 Å². The molecule has 0 aromatic carbocycles. The molecule has 106 valence electrons. The van der Waals surface area contributed by atoms with E-state index in [1.54, 1.807) is 0 Å². The maximum absolute atomic E-state index is 12.2. The van der Waals surface area contributed by atoms with Gasteiger partial charge in [-0.2, -0.15) is 13.2 Å². The van der Waals surface area contributed by atoms with Crippen molar-refractivity contribution in [2.24, 2.45) is 0 Å². The Kier molecular flexibility index (Phi) is 4.05. The van der Waals surface area contributed by atoms with Gasteiger partial charge >= 0.3 is 6.18 Å². The number of hydrogen-bond donors (Lipinski definition) is 0. The van der Waals surface area contributed by atoms with Crippen molar-refractivity contribution in [3.63, 3.8) is 0 Å². The summed E-state index contributed by atoms with van der Waals surface area (Å²) in [7, 11) is 0. The highest BCUT2D eigenvalue weighted by atomic mass is 35.5. The van der Waals surface area contributed by atoms with Gasteiger partial charge in [0, 0.05) is 26.2 Å². The van der Waals surface area contributed by atoms with Crippen LogP contribution >= 0.6 is 11.6 Å². The zero-order valence-corrected chi connectivity index (χ0v) is 10.7. The summed E-state index contributed by atoms with van der Waals surface area (Å²) >= 11 is 5.70. The Morgan fingerprint density at radius 3 is 2.42 bits per heavy atom. The van der Waals surface area contributed by atoms with Gasteiger partial charge in [-0.3, -0.25) is 9.69 Å². The fourth-order valence-electron chi connectivity index (χ4n) is 1.98. The summed E-state index contributed by atoms with van der Waals surface area (Å²) in [5.74, 6) is -0.314.